The molecule has 0 N–H and O–H groups in total. The monoisotopic (exact) mass is 524 g/mol. The SMILES string of the molecule is O=C1C=CC(=O)N1CCOCCOCCOCCn1cc(-c2ccc3ccc4cccc5ccc2c3c45)nn1. The van der Waals surface area contributed by atoms with Gasteiger partial charge in [0.2, 0.25) is 0 Å². The molecule has 1 aliphatic rings. The summed E-state index contributed by atoms with van der Waals surface area (Å²) in [6, 6.07) is 19.4. The summed E-state index contributed by atoms with van der Waals surface area (Å²) in [5.74, 6) is -0.599. The molecule has 2 amide bonds. The predicted octanol–water partition coefficient (Wildman–Crippen LogP) is 3.82. The van der Waals surface area contributed by atoms with Crippen molar-refractivity contribution in [1.82, 2.24) is 19.9 Å². The fourth-order valence-electron chi connectivity index (χ4n) is 5.00. The van der Waals surface area contributed by atoms with Crippen molar-refractivity contribution in [2.24, 2.45) is 0 Å². The van der Waals surface area contributed by atoms with Crippen LogP contribution in [0.3, 0.4) is 0 Å². The fourth-order valence-corrected chi connectivity index (χ4v) is 5.00. The van der Waals surface area contributed by atoms with Crippen molar-refractivity contribution in [2.75, 3.05) is 46.2 Å². The van der Waals surface area contributed by atoms with Crippen LogP contribution in [0.2, 0.25) is 0 Å². The van der Waals surface area contributed by atoms with Crippen LogP contribution in [0.4, 0.5) is 0 Å². The molecule has 1 aromatic heterocycles. The normalized spacial score (nSPS) is 13.7. The third kappa shape index (κ3) is 5.24. The van der Waals surface area contributed by atoms with Gasteiger partial charge in [-0.05, 0) is 32.3 Å². The first-order valence-corrected chi connectivity index (χ1v) is 13.0. The van der Waals surface area contributed by atoms with E-state index in [4.69, 9.17) is 14.2 Å². The van der Waals surface area contributed by atoms with E-state index in [1.54, 1.807) is 4.68 Å². The highest BCUT2D eigenvalue weighted by Gasteiger charge is 2.22. The molecule has 9 nitrogen and oxygen atoms in total. The van der Waals surface area contributed by atoms with Crippen molar-refractivity contribution >= 4 is 44.1 Å². The lowest BCUT2D eigenvalue weighted by Crippen LogP contribution is -2.33. The summed E-state index contributed by atoms with van der Waals surface area (Å²) in [6.45, 7) is 3.31. The number of amides is 2. The second kappa shape index (κ2) is 11.3. The number of hydrogen-bond acceptors (Lipinski definition) is 7. The van der Waals surface area contributed by atoms with Crippen molar-refractivity contribution in [1.29, 1.82) is 0 Å². The van der Waals surface area contributed by atoms with Crippen molar-refractivity contribution < 1.29 is 23.8 Å². The molecule has 0 unspecified atom stereocenters. The summed E-state index contributed by atoms with van der Waals surface area (Å²) in [4.78, 5) is 24.1. The molecule has 0 spiro atoms. The average molecular weight is 525 g/mol. The highest BCUT2D eigenvalue weighted by molar-refractivity contribution is 6.25. The number of carbonyl (C=O) groups excluding carboxylic acids is 2. The maximum Gasteiger partial charge on any atom is 0.253 e. The number of imide groups is 1. The van der Waals surface area contributed by atoms with Crippen LogP contribution in [0.15, 0.2) is 72.9 Å². The van der Waals surface area contributed by atoms with Gasteiger partial charge in [-0.2, -0.15) is 0 Å². The molecule has 0 aliphatic carbocycles. The molecule has 9 heteroatoms. The summed E-state index contributed by atoms with van der Waals surface area (Å²) in [6.07, 6.45) is 4.49. The van der Waals surface area contributed by atoms with E-state index >= 15 is 0 Å². The van der Waals surface area contributed by atoms with E-state index in [0.29, 0.717) is 39.6 Å². The lowest BCUT2D eigenvalue weighted by atomic mass is 9.91. The van der Waals surface area contributed by atoms with E-state index in [1.807, 2.05) is 6.20 Å². The minimum Gasteiger partial charge on any atom is -0.377 e. The molecule has 198 valence electrons. The molecule has 6 rings (SSSR count). The minimum atomic E-state index is -0.299. The zero-order valence-electron chi connectivity index (χ0n) is 21.4. The Hall–Kier alpha value is -4.18. The van der Waals surface area contributed by atoms with Crippen LogP contribution in [-0.4, -0.2) is 77.9 Å². The van der Waals surface area contributed by atoms with Gasteiger partial charge in [0.15, 0.2) is 0 Å². The molecule has 0 fully saturated rings. The van der Waals surface area contributed by atoms with Gasteiger partial charge in [0.25, 0.3) is 11.8 Å². The molecular formula is C30H28N4O5. The Morgan fingerprint density at radius 2 is 1.23 bits per heavy atom. The van der Waals surface area contributed by atoms with E-state index in [-0.39, 0.29) is 25.0 Å². The molecule has 1 aliphatic heterocycles. The lowest BCUT2D eigenvalue weighted by Gasteiger charge is -2.13. The number of aromatic nitrogens is 3. The van der Waals surface area contributed by atoms with E-state index in [2.05, 4.69) is 64.9 Å². The number of carbonyl (C=O) groups is 2. The first kappa shape index (κ1) is 25.1. The van der Waals surface area contributed by atoms with Crippen LogP contribution in [0, 0.1) is 0 Å². The maximum absolute atomic E-state index is 11.5. The first-order valence-electron chi connectivity index (χ1n) is 13.0. The third-order valence-corrected chi connectivity index (χ3v) is 6.91. The summed E-state index contributed by atoms with van der Waals surface area (Å²) in [7, 11) is 0. The Balaban J connectivity index is 0.941. The van der Waals surface area contributed by atoms with Gasteiger partial charge in [-0.3, -0.25) is 14.5 Å². The molecule has 39 heavy (non-hydrogen) atoms. The van der Waals surface area contributed by atoms with Crippen LogP contribution >= 0.6 is 0 Å². The Morgan fingerprint density at radius 3 is 1.95 bits per heavy atom. The van der Waals surface area contributed by atoms with E-state index in [1.165, 1.54) is 44.5 Å². The highest BCUT2D eigenvalue weighted by atomic mass is 16.5. The van der Waals surface area contributed by atoms with Crippen molar-refractivity contribution in [2.45, 2.75) is 6.54 Å². The van der Waals surface area contributed by atoms with Gasteiger partial charge >= 0.3 is 0 Å². The van der Waals surface area contributed by atoms with Crippen LogP contribution in [0.5, 0.6) is 0 Å². The van der Waals surface area contributed by atoms with Crippen LogP contribution in [-0.2, 0) is 30.3 Å². The van der Waals surface area contributed by atoms with E-state index in [9.17, 15) is 9.59 Å². The second-order valence-electron chi connectivity index (χ2n) is 9.33. The average Bonchev–Trinajstić information content (AvgIpc) is 3.56. The number of benzene rings is 4. The Labute approximate surface area is 224 Å². The molecule has 2 heterocycles. The Kier molecular flexibility index (Phi) is 7.27. The minimum absolute atomic E-state index is 0.245. The second-order valence-corrected chi connectivity index (χ2v) is 9.33. The zero-order chi connectivity index (χ0) is 26.6. The van der Waals surface area contributed by atoms with Crippen molar-refractivity contribution in [3.05, 3.63) is 72.9 Å². The smallest absolute Gasteiger partial charge is 0.253 e. The number of rotatable bonds is 13. The Bertz CT molecular complexity index is 1630. The van der Waals surface area contributed by atoms with Crippen LogP contribution < -0.4 is 0 Å². The molecule has 0 bridgehead atoms. The summed E-state index contributed by atoms with van der Waals surface area (Å²) in [5, 5.41) is 16.2. The standard InChI is InChI=1S/C30H28N4O5/c35-27-10-11-28(36)34(27)13-15-38-17-19-39-18-16-37-14-12-33-20-26(31-32-33)24-8-6-23-5-4-21-2-1-3-22-7-9-25(24)30(23)29(21)22/h1-11,20H,12-19H2. The number of nitrogens with zero attached hydrogens (tertiary/aromatic N) is 4. The van der Waals surface area contributed by atoms with Crippen LogP contribution in [0.1, 0.15) is 0 Å². The van der Waals surface area contributed by atoms with Gasteiger partial charge < -0.3 is 14.2 Å². The predicted molar refractivity (Wildman–Crippen MR) is 147 cm³/mol. The van der Waals surface area contributed by atoms with E-state index in [0.717, 1.165) is 16.2 Å². The molecule has 0 radical (unpaired) electrons. The third-order valence-electron chi connectivity index (χ3n) is 6.91. The summed E-state index contributed by atoms with van der Waals surface area (Å²) < 4.78 is 18.4. The van der Waals surface area contributed by atoms with Gasteiger partial charge in [-0.1, -0.05) is 59.8 Å². The van der Waals surface area contributed by atoms with Gasteiger partial charge in [-0.15, -0.1) is 5.10 Å². The van der Waals surface area contributed by atoms with E-state index < -0.39 is 0 Å². The largest absolute Gasteiger partial charge is 0.377 e. The summed E-state index contributed by atoms with van der Waals surface area (Å²) >= 11 is 0. The van der Waals surface area contributed by atoms with Gasteiger partial charge in [-0.25, -0.2) is 4.68 Å². The lowest BCUT2D eigenvalue weighted by molar-refractivity contribution is -0.137. The molecule has 5 aromatic rings. The molecule has 0 atom stereocenters. The van der Waals surface area contributed by atoms with Gasteiger partial charge in [0, 0.05) is 17.7 Å². The quantitative estimate of drug-likeness (QED) is 0.131. The first-order chi connectivity index (χ1) is 19.2. The van der Waals surface area contributed by atoms with Crippen LogP contribution in [0.25, 0.3) is 43.6 Å². The van der Waals surface area contributed by atoms with Gasteiger partial charge in [0.05, 0.1) is 58.9 Å². The maximum atomic E-state index is 11.5. The van der Waals surface area contributed by atoms with Crippen molar-refractivity contribution in [3.63, 3.8) is 0 Å². The molecule has 0 saturated heterocycles. The highest BCUT2D eigenvalue weighted by Crippen LogP contribution is 2.38. The number of hydrogen-bond donors (Lipinski definition) is 0. The fraction of sp³-hybridized carbons (Fsp3) is 0.267. The number of ether oxygens (including phenoxy) is 3. The Morgan fingerprint density at radius 1 is 0.641 bits per heavy atom. The molecule has 0 saturated carbocycles. The summed E-state index contributed by atoms with van der Waals surface area (Å²) in [5.41, 5.74) is 1.91. The van der Waals surface area contributed by atoms with Crippen molar-refractivity contribution in [3.8, 4) is 11.3 Å². The van der Waals surface area contributed by atoms with Gasteiger partial charge in [0.1, 0.15) is 5.69 Å². The molecule has 4 aromatic carbocycles. The zero-order valence-corrected chi connectivity index (χ0v) is 21.4. The molecular weight excluding hydrogens is 496 g/mol. The topological polar surface area (TPSA) is 95.8 Å².